The second-order valence-corrected chi connectivity index (χ2v) is 7.29. The molecule has 0 bridgehead atoms. The van der Waals surface area contributed by atoms with Gasteiger partial charge in [0.05, 0.1) is 6.61 Å². The molecule has 0 saturated heterocycles. The first-order valence-corrected chi connectivity index (χ1v) is 9.54. The predicted octanol–water partition coefficient (Wildman–Crippen LogP) is 3.68. The molecule has 2 aromatic rings. The van der Waals surface area contributed by atoms with Crippen molar-refractivity contribution in [3.05, 3.63) is 65.2 Å². The minimum Gasteiger partial charge on any atom is -0.493 e. The maximum Gasteiger partial charge on any atom is 0.191 e. The van der Waals surface area contributed by atoms with Crippen molar-refractivity contribution in [3.63, 3.8) is 0 Å². The second kappa shape index (κ2) is 8.95. The third kappa shape index (κ3) is 4.75. The van der Waals surface area contributed by atoms with E-state index in [1.165, 1.54) is 29.5 Å². The summed E-state index contributed by atoms with van der Waals surface area (Å²) in [6, 6.07) is 17.4. The fourth-order valence-electron chi connectivity index (χ4n) is 3.70. The lowest BCUT2D eigenvalue weighted by Crippen LogP contribution is -2.41. The Morgan fingerprint density at radius 2 is 1.93 bits per heavy atom. The molecule has 4 nitrogen and oxygen atoms in total. The Labute approximate surface area is 178 Å². The van der Waals surface area contributed by atoms with Crippen molar-refractivity contribution in [1.82, 2.24) is 10.6 Å². The number of fused-ring (bicyclic) bond motifs is 1. The van der Waals surface area contributed by atoms with Gasteiger partial charge < -0.3 is 15.4 Å². The summed E-state index contributed by atoms with van der Waals surface area (Å²) in [7, 11) is 1.84. The van der Waals surface area contributed by atoms with E-state index in [0.717, 1.165) is 44.2 Å². The maximum atomic E-state index is 5.57. The number of guanidine groups is 1. The smallest absolute Gasteiger partial charge is 0.191 e. The highest BCUT2D eigenvalue weighted by molar-refractivity contribution is 14.0. The van der Waals surface area contributed by atoms with Gasteiger partial charge >= 0.3 is 0 Å². The van der Waals surface area contributed by atoms with E-state index in [-0.39, 0.29) is 24.0 Å². The second-order valence-electron chi connectivity index (χ2n) is 7.29. The molecule has 0 radical (unpaired) electrons. The number of aliphatic imine (C=N–C) groups is 1. The maximum absolute atomic E-state index is 5.57. The number of halogens is 1. The molecular weight excluding hydrogens is 449 g/mol. The third-order valence-corrected chi connectivity index (χ3v) is 5.52. The molecule has 0 aromatic heterocycles. The summed E-state index contributed by atoms with van der Waals surface area (Å²) in [6.07, 6.45) is 4.51. The molecule has 1 heterocycles. The van der Waals surface area contributed by atoms with Gasteiger partial charge in [-0.05, 0) is 42.0 Å². The van der Waals surface area contributed by atoms with Crippen LogP contribution in [0.15, 0.2) is 53.5 Å². The van der Waals surface area contributed by atoms with Crippen LogP contribution in [-0.4, -0.2) is 32.7 Å². The molecule has 2 aromatic carbocycles. The van der Waals surface area contributed by atoms with Gasteiger partial charge in [0, 0.05) is 32.0 Å². The number of hydrogen-bond donors (Lipinski definition) is 2. The Morgan fingerprint density at radius 3 is 2.67 bits per heavy atom. The molecule has 0 amide bonds. The van der Waals surface area contributed by atoms with E-state index in [1.807, 2.05) is 7.05 Å². The molecule has 5 heteroatoms. The van der Waals surface area contributed by atoms with Gasteiger partial charge in [0.1, 0.15) is 5.75 Å². The van der Waals surface area contributed by atoms with Gasteiger partial charge in [-0.1, -0.05) is 42.5 Å². The van der Waals surface area contributed by atoms with Crippen LogP contribution in [0.1, 0.15) is 29.5 Å². The Kier molecular flexibility index (Phi) is 6.63. The fourth-order valence-corrected chi connectivity index (χ4v) is 3.70. The molecule has 1 fully saturated rings. The first-order valence-electron chi connectivity index (χ1n) is 9.54. The standard InChI is InChI=1S/C22H27N3O.HI/c1-23-21(25-16-22(11-12-22)19-5-3-2-4-6-19)24-13-9-17-7-8-20-18(15-17)10-14-26-20;/h2-8,15H,9-14,16H2,1H3,(H2,23,24,25);1H. The summed E-state index contributed by atoms with van der Waals surface area (Å²) in [6.45, 7) is 2.63. The van der Waals surface area contributed by atoms with Crippen LogP contribution in [-0.2, 0) is 18.3 Å². The highest BCUT2D eigenvalue weighted by Gasteiger charge is 2.43. The average molecular weight is 477 g/mol. The van der Waals surface area contributed by atoms with Crippen LogP contribution in [0.3, 0.4) is 0 Å². The fraction of sp³-hybridized carbons (Fsp3) is 0.409. The topological polar surface area (TPSA) is 45.7 Å². The lowest BCUT2D eigenvalue weighted by Gasteiger charge is -2.19. The highest BCUT2D eigenvalue weighted by Crippen LogP contribution is 2.47. The molecule has 1 saturated carbocycles. The number of hydrogen-bond acceptors (Lipinski definition) is 2. The molecule has 1 aliphatic heterocycles. The van der Waals surface area contributed by atoms with E-state index in [0.29, 0.717) is 5.41 Å². The molecule has 0 atom stereocenters. The molecule has 2 aliphatic rings. The predicted molar refractivity (Wildman–Crippen MR) is 121 cm³/mol. The summed E-state index contributed by atoms with van der Waals surface area (Å²) in [5, 5.41) is 6.96. The number of benzene rings is 2. The molecule has 4 rings (SSSR count). The van der Waals surface area contributed by atoms with Gasteiger partial charge in [0.2, 0.25) is 0 Å². The Bertz CT molecular complexity index is 787. The summed E-state index contributed by atoms with van der Waals surface area (Å²) in [5.74, 6) is 1.94. The lowest BCUT2D eigenvalue weighted by molar-refractivity contribution is 0.357. The lowest BCUT2D eigenvalue weighted by atomic mass is 9.96. The quantitative estimate of drug-likeness (QED) is 0.379. The molecule has 144 valence electrons. The largest absolute Gasteiger partial charge is 0.493 e. The SMILES string of the molecule is CN=C(NCCc1ccc2c(c1)CCO2)NCC1(c2ccccc2)CC1.I. The normalized spacial score (nSPS) is 16.7. The van der Waals surface area contributed by atoms with Crippen LogP contribution in [0.25, 0.3) is 0 Å². The summed E-state index contributed by atoms with van der Waals surface area (Å²) in [4.78, 5) is 4.38. The number of ether oxygens (including phenoxy) is 1. The molecular formula is C22H28IN3O. The molecule has 2 N–H and O–H groups in total. The van der Waals surface area contributed by atoms with E-state index in [2.05, 4.69) is 64.2 Å². The van der Waals surface area contributed by atoms with Crippen LogP contribution in [0.5, 0.6) is 5.75 Å². The number of nitrogens with one attached hydrogen (secondary N) is 2. The third-order valence-electron chi connectivity index (χ3n) is 5.52. The van der Waals surface area contributed by atoms with E-state index >= 15 is 0 Å². The molecule has 0 spiro atoms. The zero-order valence-electron chi connectivity index (χ0n) is 15.8. The Morgan fingerprint density at radius 1 is 1.11 bits per heavy atom. The van der Waals surface area contributed by atoms with Crippen molar-refractivity contribution >= 4 is 29.9 Å². The minimum atomic E-state index is 0. The molecule has 1 aliphatic carbocycles. The molecule has 27 heavy (non-hydrogen) atoms. The van der Waals surface area contributed by atoms with E-state index in [1.54, 1.807) is 0 Å². The van der Waals surface area contributed by atoms with Gasteiger partial charge in [-0.2, -0.15) is 0 Å². The van der Waals surface area contributed by atoms with Crippen molar-refractivity contribution in [1.29, 1.82) is 0 Å². The van der Waals surface area contributed by atoms with Gasteiger partial charge in [-0.25, -0.2) is 0 Å². The zero-order valence-corrected chi connectivity index (χ0v) is 18.2. The summed E-state index contributed by atoms with van der Waals surface area (Å²) < 4.78 is 5.57. The van der Waals surface area contributed by atoms with Crippen LogP contribution in [0.4, 0.5) is 0 Å². The monoisotopic (exact) mass is 477 g/mol. The van der Waals surface area contributed by atoms with Gasteiger partial charge in [-0.3, -0.25) is 4.99 Å². The number of rotatable bonds is 6. The van der Waals surface area contributed by atoms with Crippen LogP contribution in [0, 0.1) is 0 Å². The average Bonchev–Trinajstić information content (AvgIpc) is 3.34. The first-order chi connectivity index (χ1) is 12.8. The van der Waals surface area contributed by atoms with Crippen molar-refractivity contribution in [3.8, 4) is 5.75 Å². The Hall–Kier alpha value is -1.76. The first kappa shape index (κ1) is 20.0. The van der Waals surface area contributed by atoms with Crippen molar-refractivity contribution in [2.75, 3.05) is 26.7 Å². The van der Waals surface area contributed by atoms with E-state index in [4.69, 9.17) is 4.74 Å². The summed E-state index contributed by atoms with van der Waals surface area (Å²) in [5.41, 5.74) is 4.41. The van der Waals surface area contributed by atoms with E-state index < -0.39 is 0 Å². The van der Waals surface area contributed by atoms with Crippen molar-refractivity contribution < 1.29 is 4.74 Å². The minimum absolute atomic E-state index is 0. The van der Waals surface area contributed by atoms with Gasteiger partial charge in [-0.15, -0.1) is 24.0 Å². The highest BCUT2D eigenvalue weighted by atomic mass is 127. The summed E-state index contributed by atoms with van der Waals surface area (Å²) >= 11 is 0. The Balaban J connectivity index is 0.00000210. The van der Waals surface area contributed by atoms with Gasteiger partial charge in [0.15, 0.2) is 5.96 Å². The van der Waals surface area contributed by atoms with E-state index in [9.17, 15) is 0 Å². The van der Waals surface area contributed by atoms with Gasteiger partial charge in [0.25, 0.3) is 0 Å². The van der Waals surface area contributed by atoms with Crippen molar-refractivity contribution in [2.24, 2.45) is 4.99 Å². The van der Waals surface area contributed by atoms with Crippen LogP contribution >= 0.6 is 24.0 Å². The molecule has 0 unspecified atom stereocenters. The van der Waals surface area contributed by atoms with Crippen LogP contribution in [0.2, 0.25) is 0 Å². The zero-order chi connectivity index (χ0) is 17.8. The van der Waals surface area contributed by atoms with Crippen molar-refractivity contribution in [2.45, 2.75) is 31.1 Å². The number of nitrogens with zero attached hydrogens (tertiary/aromatic N) is 1. The van der Waals surface area contributed by atoms with Crippen LogP contribution < -0.4 is 15.4 Å².